The van der Waals surface area contributed by atoms with E-state index in [2.05, 4.69) is 63.7 Å². The molecule has 0 saturated carbocycles. The van der Waals surface area contributed by atoms with E-state index in [-0.39, 0.29) is 0 Å². The van der Waals surface area contributed by atoms with Crippen LogP contribution in [-0.2, 0) is 6.42 Å². The summed E-state index contributed by atoms with van der Waals surface area (Å²) in [4.78, 5) is 0. The Kier molecular flexibility index (Phi) is 7.71. The van der Waals surface area contributed by atoms with E-state index in [1.54, 1.807) is 28.4 Å². The van der Waals surface area contributed by atoms with Crippen LogP contribution in [0.3, 0.4) is 0 Å². The van der Waals surface area contributed by atoms with Crippen molar-refractivity contribution in [2.75, 3.05) is 28.4 Å². The number of rotatable bonds is 6. The molecular weight excluding hydrogens is 600 g/mol. The standard InChI is InChI=1S/C18H18Br4O4/c1-8-6-11(23-2)16(24-3)13(20)9(8)7-10-12(19)15(22)18(26-5)17(25-4)14(10)21/h6H,7H2,1-5H3. The van der Waals surface area contributed by atoms with Gasteiger partial charge in [-0.1, -0.05) is 0 Å². The minimum absolute atomic E-state index is 0.623. The first-order valence-electron chi connectivity index (χ1n) is 7.49. The Morgan fingerprint density at radius 2 is 1.15 bits per heavy atom. The van der Waals surface area contributed by atoms with Gasteiger partial charge in [0.1, 0.15) is 0 Å². The molecule has 2 aromatic carbocycles. The van der Waals surface area contributed by atoms with Crippen molar-refractivity contribution in [3.05, 3.63) is 40.6 Å². The van der Waals surface area contributed by atoms with Crippen LogP contribution in [0.5, 0.6) is 23.0 Å². The molecule has 0 aliphatic heterocycles. The van der Waals surface area contributed by atoms with Crippen molar-refractivity contribution < 1.29 is 18.9 Å². The van der Waals surface area contributed by atoms with Crippen LogP contribution in [-0.4, -0.2) is 28.4 Å². The first-order valence-corrected chi connectivity index (χ1v) is 10.7. The van der Waals surface area contributed by atoms with E-state index >= 15 is 0 Å². The Labute approximate surface area is 187 Å². The lowest BCUT2D eigenvalue weighted by atomic mass is 9.99. The summed E-state index contributed by atoms with van der Waals surface area (Å²) in [6, 6.07) is 1.97. The molecule has 0 bridgehead atoms. The number of hydrogen-bond donors (Lipinski definition) is 0. The summed E-state index contributed by atoms with van der Waals surface area (Å²) in [6.07, 6.45) is 0.632. The first kappa shape index (κ1) is 21.9. The second kappa shape index (κ2) is 9.17. The van der Waals surface area contributed by atoms with Crippen LogP contribution < -0.4 is 18.9 Å². The lowest BCUT2D eigenvalue weighted by Crippen LogP contribution is -2.03. The summed E-state index contributed by atoms with van der Waals surface area (Å²) in [5, 5.41) is 0. The van der Waals surface area contributed by atoms with Crippen LogP contribution in [0.15, 0.2) is 24.0 Å². The highest BCUT2D eigenvalue weighted by molar-refractivity contribution is 9.13. The molecule has 0 fully saturated rings. The van der Waals surface area contributed by atoms with Gasteiger partial charge in [0.25, 0.3) is 0 Å². The van der Waals surface area contributed by atoms with Crippen LogP contribution >= 0.6 is 63.7 Å². The molecule has 142 valence electrons. The van der Waals surface area contributed by atoms with E-state index in [9.17, 15) is 0 Å². The summed E-state index contributed by atoms with van der Waals surface area (Å²) in [6.45, 7) is 2.04. The molecule has 0 saturated heterocycles. The monoisotopic (exact) mass is 614 g/mol. The second-order valence-electron chi connectivity index (χ2n) is 5.39. The average molecular weight is 618 g/mol. The van der Waals surface area contributed by atoms with Gasteiger partial charge in [0.15, 0.2) is 23.0 Å². The molecule has 0 N–H and O–H groups in total. The Balaban J connectivity index is 2.69. The minimum atomic E-state index is 0.623. The lowest BCUT2D eigenvalue weighted by Gasteiger charge is -2.20. The van der Waals surface area contributed by atoms with Gasteiger partial charge in [0.2, 0.25) is 0 Å². The molecule has 0 unspecified atom stereocenters. The predicted octanol–water partition coefficient (Wildman–Crippen LogP) is 6.67. The topological polar surface area (TPSA) is 36.9 Å². The molecule has 2 rings (SSSR count). The van der Waals surface area contributed by atoms with Gasteiger partial charge in [-0.2, -0.15) is 0 Å². The number of ether oxygens (including phenoxy) is 4. The fourth-order valence-corrected chi connectivity index (χ4v) is 5.54. The van der Waals surface area contributed by atoms with Crippen LogP contribution in [0.4, 0.5) is 0 Å². The molecule has 0 aliphatic carbocycles. The van der Waals surface area contributed by atoms with E-state index in [0.29, 0.717) is 29.4 Å². The van der Waals surface area contributed by atoms with Gasteiger partial charge in [-0.3, -0.25) is 0 Å². The second-order valence-corrected chi connectivity index (χ2v) is 8.56. The fraction of sp³-hybridized carbons (Fsp3) is 0.333. The zero-order chi connectivity index (χ0) is 19.6. The highest BCUT2D eigenvalue weighted by Crippen LogP contribution is 2.50. The minimum Gasteiger partial charge on any atom is -0.493 e. The maximum Gasteiger partial charge on any atom is 0.177 e. The molecule has 0 radical (unpaired) electrons. The van der Waals surface area contributed by atoms with Crippen molar-refractivity contribution >= 4 is 63.7 Å². The molecule has 26 heavy (non-hydrogen) atoms. The quantitative estimate of drug-likeness (QED) is 0.340. The Morgan fingerprint density at radius 1 is 0.654 bits per heavy atom. The molecule has 0 atom stereocenters. The van der Waals surface area contributed by atoms with Crippen LogP contribution in [0.1, 0.15) is 16.7 Å². The molecule has 2 aromatic rings. The Bertz CT molecular complexity index is 837. The van der Waals surface area contributed by atoms with Gasteiger partial charge in [-0.25, -0.2) is 0 Å². The van der Waals surface area contributed by atoms with Gasteiger partial charge in [-0.05, 0) is 93.4 Å². The van der Waals surface area contributed by atoms with Gasteiger partial charge >= 0.3 is 0 Å². The van der Waals surface area contributed by atoms with E-state index in [1.807, 2.05) is 13.0 Å². The molecule has 0 amide bonds. The molecule has 0 heterocycles. The molecular formula is C18H18Br4O4. The van der Waals surface area contributed by atoms with Crippen LogP contribution in [0.25, 0.3) is 0 Å². The molecule has 0 spiro atoms. The molecule has 4 nitrogen and oxygen atoms in total. The summed E-state index contributed by atoms with van der Waals surface area (Å²) < 4.78 is 25.3. The van der Waals surface area contributed by atoms with Crippen molar-refractivity contribution in [3.8, 4) is 23.0 Å². The third-order valence-electron chi connectivity index (χ3n) is 4.03. The van der Waals surface area contributed by atoms with Crippen molar-refractivity contribution in [2.24, 2.45) is 0 Å². The van der Waals surface area contributed by atoms with Gasteiger partial charge < -0.3 is 18.9 Å². The fourth-order valence-electron chi connectivity index (χ4n) is 2.69. The summed E-state index contributed by atoms with van der Waals surface area (Å²) in [5.41, 5.74) is 3.19. The van der Waals surface area contributed by atoms with Crippen molar-refractivity contribution in [1.29, 1.82) is 0 Å². The smallest absolute Gasteiger partial charge is 0.177 e. The Hall–Kier alpha value is -0.440. The Morgan fingerprint density at radius 3 is 1.65 bits per heavy atom. The molecule has 8 heteroatoms. The van der Waals surface area contributed by atoms with Crippen LogP contribution in [0.2, 0.25) is 0 Å². The highest BCUT2D eigenvalue weighted by atomic mass is 79.9. The van der Waals surface area contributed by atoms with E-state index in [4.69, 9.17) is 18.9 Å². The maximum absolute atomic E-state index is 5.54. The lowest BCUT2D eigenvalue weighted by molar-refractivity contribution is 0.350. The molecule has 0 aromatic heterocycles. The maximum atomic E-state index is 5.54. The van der Waals surface area contributed by atoms with Crippen molar-refractivity contribution in [1.82, 2.24) is 0 Å². The van der Waals surface area contributed by atoms with Gasteiger partial charge in [0, 0.05) is 10.9 Å². The number of methoxy groups -OCH3 is 4. The van der Waals surface area contributed by atoms with Gasteiger partial charge in [-0.15, -0.1) is 0 Å². The van der Waals surface area contributed by atoms with E-state index in [0.717, 1.165) is 34.6 Å². The average Bonchev–Trinajstić information content (AvgIpc) is 2.63. The molecule has 0 aliphatic rings. The summed E-state index contributed by atoms with van der Waals surface area (Å²) in [7, 11) is 6.48. The number of benzene rings is 2. The zero-order valence-corrected chi connectivity index (χ0v) is 21.3. The normalized spacial score (nSPS) is 10.7. The zero-order valence-electron chi connectivity index (χ0n) is 14.9. The van der Waals surface area contributed by atoms with Crippen molar-refractivity contribution in [3.63, 3.8) is 0 Å². The first-order chi connectivity index (χ1) is 12.3. The number of hydrogen-bond acceptors (Lipinski definition) is 4. The van der Waals surface area contributed by atoms with Crippen molar-refractivity contribution in [2.45, 2.75) is 13.3 Å². The van der Waals surface area contributed by atoms with Gasteiger partial charge in [0.05, 0.1) is 41.9 Å². The largest absolute Gasteiger partial charge is 0.493 e. The summed E-state index contributed by atoms with van der Waals surface area (Å²) >= 11 is 14.6. The number of halogens is 4. The third-order valence-corrected chi connectivity index (χ3v) is 7.87. The SMILES string of the molecule is COc1cc(C)c(Cc2c(Br)c(Br)c(OC)c(OC)c2Br)c(Br)c1OC. The highest BCUT2D eigenvalue weighted by Gasteiger charge is 2.24. The third kappa shape index (κ3) is 3.88. The number of aryl methyl sites for hydroxylation is 1. The van der Waals surface area contributed by atoms with Crippen LogP contribution in [0, 0.1) is 6.92 Å². The van der Waals surface area contributed by atoms with E-state index < -0.39 is 0 Å². The van der Waals surface area contributed by atoms with E-state index in [1.165, 1.54) is 0 Å². The predicted molar refractivity (Wildman–Crippen MR) is 117 cm³/mol. The summed E-state index contributed by atoms with van der Waals surface area (Å²) in [5.74, 6) is 2.61.